The van der Waals surface area contributed by atoms with Crippen LogP contribution >= 0.6 is 11.8 Å². The van der Waals surface area contributed by atoms with Crippen LogP contribution in [0.5, 0.6) is 0 Å². The van der Waals surface area contributed by atoms with Gasteiger partial charge in [-0.25, -0.2) is 0 Å². The predicted molar refractivity (Wildman–Crippen MR) is 55.3 cm³/mol. The molecule has 0 saturated carbocycles. The fourth-order valence-corrected chi connectivity index (χ4v) is 1.32. The summed E-state index contributed by atoms with van der Waals surface area (Å²) in [5.41, 5.74) is 0. The first-order chi connectivity index (χ1) is 5.66. The highest BCUT2D eigenvalue weighted by atomic mass is 32.2. The number of carbonyl (C=O) groups excluding carboxylic acids is 1. The smallest absolute Gasteiger partial charge is 0.143 e. The molecule has 0 aromatic rings. The van der Waals surface area contributed by atoms with Gasteiger partial charge in [0.1, 0.15) is 5.78 Å². The first-order valence-electron chi connectivity index (χ1n) is 4.19. The van der Waals surface area contributed by atoms with E-state index >= 15 is 0 Å². The van der Waals surface area contributed by atoms with Crippen molar-refractivity contribution in [2.75, 3.05) is 5.75 Å². The van der Waals surface area contributed by atoms with Crippen LogP contribution in [0.3, 0.4) is 0 Å². The Morgan fingerprint density at radius 2 is 2.17 bits per heavy atom. The number of hydrogen-bond donors (Lipinski definition) is 0. The number of rotatable bonds is 5. The molecule has 0 rings (SSSR count). The maximum Gasteiger partial charge on any atom is 0.143 e. The summed E-state index contributed by atoms with van der Waals surface area (Å²) in [6, 6.07) is 0. The molecule has 0 radical (unpaired) electrons. The van der Waals surface area contributed by atoms with Gasteiger partial charge in [0, 0.05) is 12.8 Å². The highest BCUT2D eigenvalue weighted by Crippen LogP contribution is 2.09. The van der Waals surface area contributed by atoms with Crippen LogP contribution in [0.1, 0.15) is 33.6 Å². The molecule has 0 aromatic heterocycles. The minimum absolute atomic E-state index is 0.316. The Morgan fingerprint density at radius 3 is 2.67 bits per heavy atom. The van der Waals surface area contributed by atoms with Gasteiger partial charge in [0.2, 0.25) is 0 Å². The van der Waals surface area contributed by atoms with E-state index < -0.39 is 0 Å². The minimum atomic E-state index is 0.316. The first kappa shape index (κ1) is 11.6. The van der Waals surface area contributed by atoms with Crippen molar-refractivity contribution in [3.05, 3.63) is 0 Å². The van der Waals surface area contributed by atoms with Crippen molar-refractivity contribution >= 4 is 17.5 Å². The summed E-state index contributed by atoms with van der Waals surface area (Å²) >= 11 is 1.70. The Bertz CT molecular complexity index is 186. The van der Waals surface area contributed by atoms with Gasteiger partial charge in [-0.1, -0.05) is 13.8 Å². The van der Waals surface area contributed by atoms with Crippen molar-refractivity contribution in [1.29, 1.82) is 0 Å². The van der Waals surface area contributed by atoms with Crippen molar-refractivity contribution in [3.8, 4) is 11.8 Å². The highest BCUT2D eigenvalue weighted by Gasteiger charge is 2.02. The topological polar surface area (TPSA) is 17.1 Å². The molecular weight excluding hydrogens is 168 g/mol. The van der Waals surface area contributed by atoms with Gasteiger partial charge in [-0.3, -0.25) is 4.79 Å². The average Bonchev–Trinajstić information content (AvgIpc) is 2.01. The van der Waals surface area contributed by atoms with Crippen LogP contribution in [0.4, 0.5) is 0 Å². The largest absolute Gasteiger partial charge is 0.299 e. The number of Topliss-reactive ketones (excluding diaryl/α,β-unsaturated/α-hetero) is 1. The Morgan fingerprint density at radius 1 is 1.50 bits per heavy atom. The van der Waals surface area contributed by atoms with Gasteiger partial charge >= 0.3 is 0 Å². The molecule has 12 heavy (non-hydrogen) atoms. The number of carbonyl (C=O) groups is 1. The predicted octanol–water partition coefficient (Wildman–Crippen LogP) is 2.50. The molecule has 68 valence electrons. The van der Waals surface area contributed by atoms with Crippen LogP contribution in [0.25, 0.3) is 0 Å². The first-order valence-corrected chi connectivity index (χ1v) is 5.24. The summed E-state index contributed by atoms with van der Waals surface area (Å²) in [5.74, 6) is 6.62. The lowest BCUT2D eigenvalue weighted by atomic mass is 10.2. The number of ketones is 1. The van der Waals surface area contributed by atoms with Crippen LogP contribution in [0.15, 0.2) is 0 Å². The van der Waals surface area contributed by atoms with E-state index in [1.54, 1.807) is 18.7 Å². The third-order valence-electron chi connectivity index (χ3n) is 1.28. The molecule has 0 heterocycles. The lowest BCUT2D eigenvalue weighted by Gasteiger charge is -2.01. The third kappa shape index (κ3) is 7.68. The van der Waals surface area contributed by atoms with Gasteiger partial charge in [0.05, 0.1) is 5.75 Å². The van der Waals surface area contributed by atoms with Crippen molar-refractivity contribution in [1.82, 2.24) is 0 Å². The molecule has 0 spiro atoms. The zero-order valence-corrected chi connectivity index (χ0v) is 8.83. The molecule has 1 nitrogen and oxygen atoms in total. The molecule has 0 unspecified atom stereocenters. The molecule has 0 aliphatic heterocycles. The van der Waals surface area contributed by atoms with E-state index in [4.69, 9.17) is 0 Å². The van der Waals surface area contributed by atoms with Crippen molar-refractivity contribution < 1.29 is 4.79 Å². The van der Waals surface area contributed by atoms with E-state index in [0.29, 0.717) is 29.6 Å². The average molecular weight is 184 g/mol. The number of hydrogen-bond acceptors (Lipinski definition) is 2. The molecule has 0 amide bonds. The zero-order chi connectivity index (χ0) is 9.40. The SMILES string of the molecule is CC#CCCC(=O)CSC(C)C. The Kier molecular flexibility index (Phi) is 6.99. The van der Waals surface area contributed by atoms with Gasteiger partial charge < -0.3 is 0 Å². The molecule has 0 bridgehead atoms. The second kappa shape index (κ2) is 7.24. The van der Waals surface area contributed by atoms with Crippen LogP contribution < -0.4 is 0 Å². The van der Waals surface area contributed by atoms with Crippen LogP contribution in [-0.2, 0) is 4.79 Å². The Balaban J connectivity index is 3.38. The Labute approximate surface area is 79.3 Å². The minimum Gasteiger partial charge on any atom is -0.299 e. The lowest BCUT2D eigenvalue weighted by molar-refractivity contribution is -0.116. The molecule has 0 aliphatic rings. The molecule has 2 heteroatoms. The van der Waals surface area contributed by atoms with Crippen LogP contribution in [0.2, 0.25) is 0 Å². The monoisotopic (exact) mass is 184 g/mol. The van der Waals surface area contributed by atoms with E-state index in [0.717, 1.165) is 0 Å². The molecular formula is C10H16OS. The maximum absolute atomic E-state index is 11.1. The summed E-state index contributed by atoms with van der Waals surface area (Å²) < 4.78 is 0. The van der Waals surface area contributed by atoms with Gasteiger partial charge in [0.15, 0.2) is 0 Å². The summed E-state index contributed by atoms with van der Waals surface area (Å²) in [6.07, 6.45) is 1.33. The van der Waals surface area contributed by atoms with Gasteiger partial charge in [0.25, 0.3) is 0 Å². The maximum atomic E-state index is 11.1. The second-order valence-corrected chi connectivity index (χ2v) is 4.39. The normalized spacial score (nSPS) is 9.33. The van der Waals surface area contributed by atoms with Crippen LogP contribution in [-0.4, -0.2) is 16.8 Å². The molecule has 0 fully saturated rings. The quantitative estimate of drug-likeness (QED) is 0.611. The van der Waals surface area contributed by atoms with Gasteiger partial charge in [-0.15, -0.1) is 11.8 Å². The second-order valence-electron chi connectivity index (χ2n) is 2.83. The van der Waals surface area contributed by atoms with E-state index in [1.807, 2.05) is 0 Å². The Hall–Kier alpha value is -0.420. The molecule has 0 aromatic carbocycles. The van der Waals surface area contributed by atoms with Gasteiger partial charge in [-0.2, -0.15) is 11.8 Å². The molecule has 0 saturated heterocycles. The summed E-state index contributed by atoms with van der Waals surface area (Å²) in [6.45, 7) is 6.00. The zero-order valence-electron chi connectivity index (χ0n) is 8.02. The highest BCUT2D eigenvalue weighted by molar-refractivity contribution is 8.00. The van der Waals surface area contributed by atoms with E-state index in [-0.39, 0.29) is 0 Å². The fourth-order valence-electron chi connectivity index (χ4n) is 0.659. The van der Waals surface area contributed by atoms with E-state index in [1.165, 1.54) is 0 Å². The lowest BCUT2D eigenvalue weighted by Crippen LogP contribution is -2.03. The molecule has 0 aliphatic carbocycles. The molecule has 0 atom stereocenters. The number of thioether (sulfide) groups is 1. The third-order valence-corrected chi connectivity index (χ3v) is 2.44. The summed E-state index contributed by atoms with van der Waals surface area (Å²) in [7, 11) is 0. The fraction of sp³-hybridized carbons (Fsp3) is 0.700. The van der Waals surface area contributed by atoms with Crippen molar-refractivity contribution in [3.63, 3.8) is 0 Å². The van der Waals surface area contributed by atoms with E-state index in [2.05, 4.69) is 25.7 Å². The van der Waals surface area contributed by atoms with Crippen molar-refractivity contribution in [2.45, 2.75) is 38.9 Å². The summed E-state index contributed by atoms with van der Waals surface area (Å²) in [5, 5.41) is 0.547. The van der Waals surface area contributed by atoms with E-state index in [9.17, 15) is 4.79 Å². The van der Waals surface area contributed by atoms with Crippen LogP contribution in [0, 0.1) is 11.8 Å². The van der Waals surface area contributed by atoms with Gasteiger partial charge in [-0.05, 0) is 12.2 Å². The molecule has 0 N–H and O–H groups in total. The van der Waals surface area contributed by atoms with Crippen molar-refractivity contribution in [2.24, 2.45) is 0 Å². The standard InChI is InChI=1S/C10H16OS/c1-4-5-6-7-10(11)8-12-9(2)3/h9H,6-8H2,1-3H3. The summed E-state index contributed by atoms with van der Waals surface area (Å²) in [4.78, 5) is 11.1.